The highest BCUT2D eigenvalue weighted by Crippen LogP contribution is 2.24. The number of nitrogens with one attached hydrogen (secondary N) is 1. The maximum absolute atomic E-state index is 13.5. The molecule has 2 rings (SSSR count). The molecule has 1 N–H and O–H groups in total. The van der Waals surface area contributed by atoms with Gasteiger partial charge in [-0.15, -0.1) is 0 Å². The van der Waals surface area contributed by atoms with E-state index < -0.39 is 20.8 Å². The van der Waals surface area contributed by atoms with Crippen molar-refractivity contribution in [2.45, 2.75) is 4.90 Å². The van der Waals surface area contributed by atoms with Crippen LogP contribution < -0.4 is 4.72 Å². The average molecular weight is 375 g/mol. The van der Waals surface area contributed by atoms with Crippen molar-refractivity contribution in [2.24, 2.45) is 0 Å². The SMILES string of the molecule is O=[N+]([O-])c1ccc(S(=O)(=O)Nc2cc(Br)ccc2F)cc1. The largest absolute Gasteiger partial charge is 0.277 e. The Morgan fingerprint density at radius 2 is 1.76 bits per heavy atom. The molecule has 0 unspecified atom stereocenters. The molecular formula is C12H8BrFN2O4S. The number of anilines is 1. The van der Waals surface area contributed by atoms with E-state index in [1.165, 1.54) is 12.1 Å². The molecule has 0 saturated carbocycles. The van der Waals surface area contributed by atoms with Gasteiger partial charge in [0.2, 0.25) is 0 Å². The van der Waals surface area contributed by atoms with E-state index in [1.54, 1.807) is 0 Å². The van der Waals surface area contributed by atoms with E-state index in [0.29, 0.717) is 4.47 Å². The van der Waals surface area contributed by atoms with E-state index in [4.69, 9.17) is 0 Å². The third-order valence-electron chi connectivity index (χ3n) is 2.53. The first-order valence-electron chi connectivity index (χ1n) is 5.52. The molecule has 0 aliphatic rings. The third-order valence-corrected chi connectivity index (χ3v) is 4.41. The van der Waals surface area contributed by atoms with Crippen molar-refractivity contribution in [1.29, 1.82) is 0 Å². The molecule has 2 aromatic rings. The van der Waals surface area contributed by atoms with Crippen molar-refractivity contribution < 1.29 is 17.7 Å². The second-order valence-corrected chi connectivity index (χ2v) is 6.58. The first-order valence-corrected chi connectivity index (χ1v) is 7.79. The monoisotopic (exact) mass is 374 g/mol. The van der Waals surface area contributed by atoms with Gasteiger partial charge in [0.05, 0.1) is 15.5 Å². The molecular weight excluding hydrogens is 367 g/mol. The van der Waals surface area contributed by atoms with Crippen LogP contribution in [0.4, 0.5) is 15.8 Å². The molecule has 0 bridgehead atoms. The van der Waals surface area contributed by atoms with Crippen molar-refractivity contribution in [3.8, 4) is 0 Å². The zero-order chi connectivity index (χ0) is 15.6. The van der Waals surface area contributed by atoms with E-state index in [-0.39, 0.29) is 16.3 Å². The molecule has 6 nitrogen and oxygen atoms in total. The molecule has 0 amide bonds. The van der Waals surface area contributed by atoms with E-state index in [9.17, 15) is 22.9 Å². The minimum absolute atomic E-state index is 0.201. The van der Waals surface area contributed by atoms with Crippen molar-refractivity contribution in [3.63, 3.8) is 0 Å². The second-order valence-electron chi connectivity index (χ2n) is 3.98. The Balaban J connectivity index is 2.34. The number of sulfonamides is 1. The van der Waals surface area contributed by atoms with Gasteiger partial charge in [-0.2, -0.15) is 0 Å². The number of nitro benzene ring substituents is 1. The molecule has 21 heavy (non-hydrogen) atoms. The zero-order valence-electron chi connectivity index (χ0n) is 10.3. The van der Waals surface area contributed by atoms with Crippen LogP contribution in [0, 0.1) is 15.9 Å². The van der Waals surface area contributed by atoms with Gasteiger partial charge in [-0.25, -0.2) is 12.8 Å². The van der Waals surface area contributed by atoms with Crippen LogP contribution in [0.2, 0.25) is 0 Å². The molecule has 0 heterocycles. The van der Waals surface area contributed by atoms with Gasteiger partial charge in [0.15, 0.2) is 0 Å². The summed E-state index contributed by atoms with van der Waals surface area (Å²) in [6, 6.07) is 8.10. The molecule has 0 aliphatic heterocycles. The predicted octanol–water partition coefficient (Wildman–Crippen LogP) is 3.30. The van der Waals surface area contributed by atoms with Crippen molar-refractivity contribution in [1.82, 2.24) is 0 Å². The maximum Gasteiger partial charge on any atom is 0.269 e. The van der Waals surface area contributed by atoms with Gasteiger partial charge < -0.3 is 0 Å². The van der Waals surface area contributed by atoms with E-state index in [1.807, 2.05) is 0 Å². The lowest BCUT2D eigenvalue weighted by Crippen LogP contribution is -2.14. The van der Waals surface area contributed by atoms with Crippen molar-refractivity contribution in [3.05, 3.63) is 62.9 Å². The summed E-state index contributed by atoms with van der Waals surface area (Å²) in [6.45, 7) is 0. The van der Waals surface area contributed by atoms with Gasteiger partial charge in [-0.05, 0) is 30.3 Å². The normalized spacial score (nSPS) is 11.1. The lowest BCUT2D eigenvalue weighted by Gasteiger charge is -2.09. The molecule has 0 atom stereocenters. The fourth-order valence-corrected chi connectivity index (χ4v) is 2.95. The molecule has 0 spiro atoms. The Morgan fingerprint density at radius 1 is 1.14 bits per heavy atom. The highest BCUT2D eigenvalue weighted by atomic mass is 79.9. The molecule has 0 saturated heterocycles. The number of hydrogen-bond donors (Lipinski definition) is 1. The van der Waals surface area contributed by atoms with Crippen LogP contribution in [-0.4, -0.2) is 13.3 Å². The minimum atomic E-state index is -4.03. The zero-order valence-corrected chi connectivity index (χ0v) is 12.7. The van der Waals surface area contributed by atoms with Crippen LogP contribution in [0.1, 0.15) is 0 Å². The Labute approximate surface area is 127 Å². The summed E-state index contributed by atoms with van der Waals surface area (Å²) < 4.78 is 40.3. The number of halogens is 2. The summed E-state index contributed by atoms with van der Waals surface area (Å²) in [5.41, 5.74) is -0.453. The summed E-state index contributed by atoms with van der Waals surface area (Å²) in [5.74, 6) is -0.733. The molecule has 110 valence electrons. The maximum atomic E-state index is 13.5. The Hall–Kier alpha value is -2.00. The lowest BCUT2D eigenvalue weighted by molar-refractivity contribution is -0.384. The molecule has 0 radical (unpaired) electrons. The molecule has 0 fully saturated rings. The number of hydrogen-bond acceptors (Lipinski definition) is 4. The highest BCUT2D eigenvalue weighted by molar-refractivity contribution is 9.10. The first-order chi connectivity index (χ1) is 9.79. The van der Waals surface area contributed by atoms with Crippen LogP contribution in [0.5, 0.6) is 0 Å². The van der Waals surface area contributed by atoms with Gasteiger partial charge in [0.1, 0.15) is 5.82 Å². The summed E-state index contributed by atoms with van der Waals surface area (Å²) >= 11 is 3.11. The molecule has 9 heteroatoms. The lowest BCUT2D eigenvalue weighted by atomic mass is 10.3. The first kappa shape index (κ1) is 15.4. The fourth-order valence-electron chi connectivity index (χ4n) is 1.53. The molecule has 2 aromatic carbocycles. The van der Waals surface area contributed by atoms with E-state index >= 15 is 0 Å². The van der Waals surface area contributed by atoms with Crippen LogP contribution in [-0.2, 0) is 10.0 Å². The second kappa shape index (κ2) is 5.78. The number of non-ortho nitro benzene ring substituents is 1. The third kappa shape index (κ3) is 3.56. The summed E-state index contributed by atoms with van der Waals surface area (Å²) in [6.07, 6.45) is 0. The quantitative estimate of drug-likeness (QED) is 0.656. The smallest absolute Gasteiger partial charge is 0.269 e. The molecule has 0 aromatic heterocycles. The van der Waals surface area contributed by atoms with Crippen LogP contribution >= 0.6 is 15.9 Å². The summed E-state index contributed by atoms with van der Waals surface area (Å²) in [4.78, 5) is 9.68. The van der Waals surface area contributed by atoms with Crippen molar-refractivity contribution in [2.75, 3.05) is 4.72 Å². The van der Waals surface area contributed by atoms with Gasteiger partial charge in [0.25, 0.3) is 15.7 Å². The fraction of sp³-hybridized carbons (Fsp3) is 0. The predicted molar refractivity (Wildman–Crippen MR) is 78.0 cm³/mol. The van der Waals surface area contributed by atoms with E-state index in [2.05, 4.69) is 20.7 Å². The topological polar surface area (TPSA) is 89.3 Å². The average Bonchev–Trinajstić information content (AvgIpc) is 2.43. The molecule has 0 aliphatic carbocycles. The number of nitro groups is 1. The van der Waals surface area contributed by atoms with Crippen LogP contribution in [0.25, 0.3) is 0 Å². The van der Waals surface area contributed by atoms with Crippen molar-refractivity contribution >= 4 is 37.3 Å². The minimum Gasteiger partial charge on any atom is -0.277 e. The van der Waals surface area contributed by atoms with Crippen LogP contribution in [0.15, 0.2) is 51.8 Å². The highest BCUT2D eigenvalue weighted by Gasteiger charge is 2.17. The number of benzene rings is 2. The number of nitrogens with zero attached hydrogens (tertiary/aromatic N) is 1. The standard InChI is InChI=1S/C12H8BrFN2O4S/c13-8-1-6-11(14)12(7-8)15-21(19,20)10-4-2-9(3-5-10)16(17)18/h1-7,15H. The van der Waals surface area contributed by atoms with Gasteiger partial charge in [0, 0.05) is 16.6 Å². The Kier molecular flexibility index (Phi) is 4.24. The summed E-state index contributed by atoms with van der Waals surface area (Å²) in [7, 11) is -4.03. The van der Waals surface area contributed by atoms with Gasteiger partial charge in [-0.3, -0.25) is 14.8 Å². The van der Waals surface area contributed by atoms with Crippen LogP contribution in [0.3, 0.4) is 0 Å². The Morgan fingerprint density at radius 3 is 2.33 bits per heavy atom. The number of rotatable bonds is 4. The Bertz CT molecular complexity index is 793. The van der Waals surface area contributed by atoms with Gasteiger partial charge >= 0.3 is 0 Å². The van der Waals surface area contributed by atoms with Gasteiger partial charge in [-0.1, -0.05) is 15.9 Å². The summed E-state index contributed by atoms with van der Waals surface area (Å²) in [5, 5.41) is 10.5. The van der Waals surface area contributed by atoms with E-state index in [0.717, 1.165) is 30.3 Å².